The standard InChI is InChI=1S/C11H15N/c1-3-5-10-6-7-11(12)8-9(10)4-2/h3,5-8H,4,12H2,1-2H3/b5-3-. The molecule has 0 heterocycles. The Morgan fingerprint density at radius 3 is 2.75 bits per heavy atom. The fraction of sp³-hybridized carbons (Fsp3) is 0.273. The summed E-state index contributed by atoms with van der Waals surface area (Å²) < 4.78 is 0. The number of hydrogen-bond acceptors (Lipinski definition) is 1. The van der Waals surface area contributed by atoms with Gasteiger partial charge in [-0.05, 0) is 36.6 Å². The summed E-state index contributed by atoms with van der Waals surface area (Å²) >= 11 is 0. The lowest BCUT2D eigenvalue weighted by Crippen LogP contribution is -1.90. The normalized spacial score (nSPS) is 10.8. The van der Waals surface area contributed by atoms with Crippen molar-refractivity contribution in [2.24, 2.45) is 0 Å². The molecule has 1 rings (SSSR count). The van der Waals surface area contributed by atoms with Crippen LogP contribution in [0.4, 0.5) is 5.69 Å². The molecule has 0 aliphatic carbocycles. The van der Waals surface area contributed by atoms with Crippen LogP contribution in [0.1, 0.15) is 25.0 Å². The average molecular weight is 161 g/mol. The maximum atomic E-state index is 5.68. The Balaban J connectivity index is 3.10. The topological polar surface area (TPSA) is 26.0 Å². The maximum Gasteiger partial charge on any atom is 0.0317 e. The van der Waals surface area contributed by atoms with Gasteiger partial charge in [0.15, 0.2) is 0 Å². The fourth-order valence-electron chi connectivity index (χ4n) is 1.27. The van der Waals surface area contributed by atoms with E-state index < -0.39 is 0 Å². The number of rotatable bonds is 2. The van der Waals surface area contributed by atoms with Crippen LogP contribution in [0.15, 0.2) is 24.3 Å². The summed E-state index contributed by atoms with van der Waals surface area (Å²) in [5, 5.41) is 0. The van der Waals surface area contributed by atoms with Crippen LogP contribution in [0.3, 0.4) is 0 Å². The van der Waals surface area contributed by atoms with E-state index in [1.54, 1.807) is 0 Å². The molecular weight excluding hydrogens is 146 g/mol. The Morgan fingerprint density at radius 1 is 1.42 bits per heavy atom. The number of anilines is 1. The highest BCUT2D eigenvalue weighted by Crippen LogP contribution is 2.15. The molecule has 0 fully saturated rings. The zero-order valence-electron chi connectivity index (χ0n) is 7.67. The van der Waals surface area contributed by atoms with Gasteiger partial charge in [0, 0.05) is 5.69 Å². The first-order valence-corrected chi connectivity index (χ1v) is 4.29. The van der Waals surface area contributed by atoms with Crippen LogP contribution in [0, 0.1) is 0 Å². The summed E-state index contributed by atoms with van der Waals surface area (Å²) in [5.74, 6) is 0. The van der Waals surface area contributed by atoms with Crippen LogP contribution in [0.25, 0.3) is 6.08 Å². The Hall–Kier alpha value is -1.24. The lowest BCUT2D eigenvalue weighted by Gasteiger charge is -2.03. The molecule has 0 saturated heterocycles. The zero-order chi connectivity index (χ0) is 8.97. The number of aryl methyl sites for hydroxylation is 1. The molecular formula is C11H15N. The van der Waals surface area contributed by atoms with E-state index >= 15 is 0 Å². The summed E-state index contributed by atoms with van der Waals surface area (Å²) in [6.45, 7) is 4.16. The van der Waals surface area contributed by atoms with Crippen molar-refractivity contribution in [2.75, 3.05) is 5.73 Å². The minimum absolute atomic E-state index is 0.847. The molecule has 1 heteroatoms. The minimum atomic E-state index is 0.847. The average Bonchev–Trinajstić information content (AvgIpc) is 2.08. The largest absolute Gasteiger partial charge is 0.399 e. The van der Waals surface area contributed by atoms with Gasteiger partial charge in [-0.1, -0.05) is 25.1 Å². The third kappa shape index (κ3) is 1.88. The van der Waals surface area contributed by atoms with Gasteiger partial charge < -0.3 is 5.73 Å². The first-order chi connectivity index (χ1) is 5.77. The monoisotopic (exact) mass is 161 g/mol. The van der Waals surface area contributed by atoms with E-state index in [0.717, 1.165) is 12.1 Å². The summed E-state index contributed by atoms with van der Waals surface area (Å²) in [7, 11) is 0. The molecule has 1 nitrogen and oxygen atoms in total. The van der Waals surface area contributed by atoms with Gasteiger partial charge in [-0.3, -0.25) is 0 Å². The molecule has 1 aromatic carbocycles. The van der Waals surface area contributed by atoms with Crippen LogP contribution in [0.5, 0.6) is 0 Å². The Bertz CT molecular complexity index is 287. The van der Waals surface area contributed by atoms with E-state index in [9.17, 15) is 0 Å². The van der Waals surface area contributed by atoms with E-state index in [1.165, 1.54) is 11.1 Å². The van der Waals surface area contributed by atoms with Crippen LogP contribution in [0.2, 0.25) is 0 Å². The van der Waals surface area contributed by atoms with Crippen molar-refractivity contribution >= 4 is 11.8 Å². The molecule has 64 valence electrons. The van der Waals surface area contributed by atoms with Crippen molar-refractivity contribution in [1.29, 1.82) is 0 Å². The highest BCUT2D eigenvalue weighted by molar-refractivity contribution is 5.58. The van der Waals surface area contributed by atoms with E-state index in [0.29, 0.717) is 0 Å². The van der Waals surface area contributed by atoms with Crippen LogP contribution in [-0.4, -0.2) is 0 Å². The summed E-state index contributed by atoms with van der Waals surface area (Å²) in [6, 6.07) is 6.04. The molecule has 0 saturated carbocycles. The predicted molar refractivity (Wildman–Crippen MR) is 54.9 cm³/mol. The van der Waals surface area contributed by atoms with Crippen LogP contribution >= 0.6 is 0 Å². The van der Waals surface area contributed by atoms with Crippen molar-refractivity contribution in [3.8, 4) is 0 Å². The number of hydrogen-bond donors (Lipinski definition) is 1. The molecule has 0 aliphatic heterocycles. The van der Waals surface area contributed by atoms with E-state index in [2.05, 4.69) is 19.1 Å². The third-order valence-corrected chi connectivity index (χ3v) is 1.89. The van der Waals surface area contributed by atoms with E-state index in [1.807, 2.05) is 25.1 Å². The summed E-state index contributed by atoms with van der Waals surface area (Å²) in [4.78, 5) is 0. The number of allylic oxidation sites excluding steroid dienone is 1. The molecule has 0 amide bonds. The van der Waals surface area contributed by atoms with E-state index in [4.69, 9.17) is 5.73 Å². The number of nitrogens with two attached hydrogens (primary N) is 1. The zero-order valence-corrected chi connectivity index (χ0v) is 7.67. The SMILES string of the molecule is C/C=C\c1ccc(N)cc1CC. The highest BCUT2D eigenvalue weighted by atomic mass is 14.5. The number of benzene rings is 1. The van der Waals surface area contributed by atoms with Crippen LogP contribution in [-0.2, 0) is 6.42 Å². The Morgan fingerprint density at radius 2 is 2.17 bits per heavy atom. The lowest BCUT2D eigenvalue weighted by atomic mass is 10.0. The Kier molecular flexibility index (Phi) is 2.92. The smallest absolute Gasteiger partial charge is 0.0317 e. The molecule has 0 aliphatic rings. The third-order valence-electron chi connectivity index (χ3n) is 1.89. The molecule has 0 atom stereocenters. The molecule has 0 aromatic heterocycles. The van der Waals surface area contributed by atoms with Gasteiger partial charge in [0.05, 0.1) is 0 Å². The summed E-state index contributed by atoms with van der Waals surface area (Å²) in [6.07, 6.45) is 5.19. The predicted octanol–water partition coefficient (Wildman–Crippen LogP) is 2.86. The van der Waals surface area contributed by atoms with Crippen molar-refractivity contribution in [3.63, 3.8) is 0 Å². The first kappa shape index (κ1) is 8.85. The minimum Gasteiger partial charge on any atom is -0.399 e. The maximum absolute atomic E-state index is 5.68. The van der Waals surface area contributed by atoms with Crippen molar-refractivity contribution in [3.05, 3.63) is 35.4 Å². The van der Waals surface area contributed by atoms with Crippen molar-refractivity contribution in [1.82, 2.24) is 0 Å². The molecule has 0 bridgehead atoms. The summed E-state index contributed by atoms with van der Waals surface area (Å²) in [5.41, 5.74) is 9.11. The van der Waals surface area contributed by atoms with Gasteiger partial charge in [-0.2, -0.15) is 0 Å². The second-order valence-corrected chi connectivity index (χ2v) is 2.81. The fourth-order valence-corrected chi connectivity index (χ4v) is 1.27. The molecule has 12 heavy (non-hydrogen) atoms. The molecule has 1 aromatic rings. The molecule has 0 spiro atoms. The van der Waals surface area contributed by atoms with Gasteiger partial charge in [0.25, 0.3) is 0 Å². The lowest BCUT2D eigenvalue weighted by molar-refractivity contribution is 1.13. The Labute approximate surface area is 73.9 Å². The first-order valence-electron chi connectivity index (χ1n) is 4.29. The van der Waals surface area contributed by atoms with Gasteiger partial charge in [0.2, 0.25) is 0 Å². The second-order valence-electron chi connectivity index (χ2n) is 2.81. The molecule has 0 radical (unpaired) electrons. The van der Waals surface area contributed by atoms with Gasteiger partial charge >= 0.3 is 0 Å². The van der Waals surface area contributed by atoms with Crippen molar-refractivity contribution < 1.29 is 0 Å². The molecule has 2 N–H and O–H groups in total. The van der Waals surface area contributed by atoms with Gasteiger partial charge in [-0.25, -0.2) is 0 Å². The second kappa shape index (κ2) is 3.96. The quantitative estimate of drug-likeness (QED) is 0.663. The van der Waals surface area contributed by atoms with Gasteiger partial charge in [-0.15, -0.1) is 0 Å². The molecule has 0 unspecified atom stereocenters. The van der Waals surface area contributed by atoms with Crippen molar-refractivity contribution in [2.45, 2.75) is 20.3 Å². The van der Waals surface area contributed by atoms with Crippen LogP contribution < -0.4 is 5.73 Å². The highest BCUT2D eigenvalue weighted by Gasteiger charge is 1.96. The van der Waals surface area contributed by atoms with Gasteiger partial charge in [0.1, 0.15) is 0 Å². The van der Waals surface area contributed by atoms with E-state index in [-0.39, 0.29) is 0 Å². The number of nitrogen functional groups attached to an aromatic ring is 1.